The first-order chi connectivity index (χ1) is 9.76. The van der Waals surface area contributed by atoms with Gasteiger partial charge in [0.25, 0.3) is 0 Å². The average Bonchev–Trinajstić information content (AvgIpc) is 3.01. The molecule has 106 valence electrons. The molecule has 5 nitrogen and oxygen atoms in total. The van der Waals surface area contributed by atoms with E-state index in [1.54, 1.807) is 30.8 Å². The van der Waals surface area contributed by atoms with Crippen molar-refractivity contribution in [3.8, 4) is 5.88 Å². The Kier molecular flexibility index (Phi) is 3.84. The van der Waals surface area contributed by atoms with Crippen molar-refractivity contribution < 1.29 is 9.47 Å². The van der Waals surface area contributed by atoms with Gasteiger partial charge in [-0.2, -0.15) is 16.3 Å². The Morgan fingerprint density at radius 2 is 2.30 bits per heavy atom. The standard InChI is InChI=1S/C14H17N3O2S/c1-10-7-17(13-5-15-6-14(16-13)18-2)8-12(19-10)11-3-4-20-9-11/h3-6,9-10,12H,7-8H2,1-2H3/t10-,12-/m1/s1. The lowest BCUT2D eigenvalue weighted by Gasteiger charge is -2.37. The highest BCUT2D eigenvalue weighted by Crippen LogP contribution is 2.29. The fraction of sp³-hybridized carbons (Fsp3) is 0.429. The first-order valence-electron chi connectivity index (χ1n) is 6.55. The number of nitrogens with zero attached hydrogens (tertiary/aromatic N) is 3. The van der Waals surface area contributed by atoms with Gasteiger partial charge in [-0.05, 0) is 29.3 Å². The number of morpholine rings is 1. The zero-order valence-corrected chi connectivity index (χ0v) is 12.3. The zero-order chi connectivity index (χ0) is 13.9. The maximum Gasteiger partial charge on any atom is 0.233 e. The monoisotopic (exact) mass is 291 g/mol. The molecule has 0 bridgehead atoms. The molecule has 0 unspecified atom stereocenters. The van der Waals surface area contributed by atoms with E-state index in [-0.39, 0.29) is 12.2 Å². The van der Waals surface area contributed by atoms with Gasteiger partial charge >= 0.3 is 0 Å². The molecule has 1 fully saturated rings. The van der Waals surface area contributed by atoms with Crippen molar-refractivity contribution in [1.29, 1.82) is 0 Å². The second-order valence-corrected chi connectivity index (χ2v) is 5.60. The average molecular weight is 291 g/mol. The van der Waals surface area contributed by atoms with Crippen LogP contribution in [-0.4, -0.2) is 36.3 Å². The highest BCUT2D eigenvalue weighted by atomic mass is 32.1. The number of ether oxygens (including phenoxy) is 2. The van der Waals surface area contributed by atoms with Gasteiger partial charge in [0, 0.05) is 13.1 Å². The molecule has 1 aliphatic rings. The van der Waals surface area contributed by atoms with Crippen molar-refractivity contribution >= 4 is 17.2 Å². The molecular formula is C14H17N3O2S. The Balaban J connectivity index is 1.82. The topological polar surface area (TPSA) is 47.5 Å². The van der Waals surface area contributed by atoms with E-state index in [1.807, 2.05) is 0 Å². The molecule has 0 radical (unpaired) electrons. The van der Waals surface area contributed by atoms with Gasteiger partial charge in [-0.15, -0.1) is 0 Å². The van der Waals surface area contributed by atoms with Crippen LogP contribution >= 0.6 is 11.3 Å². The van der Waals surface area contributed by atoms with Crippen LogP contribution < -0.4 is 9.64 Å². The van der Waals surface area contributed by atoms with E-state index in [9.17, 15) is 0 Å². The zero-order valence-electron chi connectivity index (χ0n) is 11.5. The van der Waals surface area contributed by atoms with Gasteiger partial charge in [0.05, 0.1) is 25.6 Å². The third-order valence-corrected chi connectivity index (χ3v) is 4.01. The molecule has 3 heterocycles. The smallest absolute Gasteiger partial charge is 0.233 e. The van der Waals surface area contributed by atoms with Crippen LogP contribution in [0.3, 0.4) is 0 Å². The number of anilines is 1. The summed E-state index contributed by atoms with van der Waals surface area (Å²) in [4.78, 5) is 10.8. The molecule has 0 aliphatic carbocycles. The van der Waals surface area contributed by atoms with Crippen molar-refractivity contribution in [3.05, 3.63) is 34.8 Å². The van der Waals surface area contributed by atoms with E-state index in [2.05, 4.69) is 38.6 Å². The molecule has 0 saturated carbocycles. The van der Waals surface area contributed by atoms with Crippen LogP contribution in [0.2, 0.25) is 0 Å². The lowest BCUT2D eigenvalue weighted by Crippen LogP contribution is -2.43. The summed E-state index contributed by atoms with van der Waals surface area (Å²) < 4.78 is 11.2. The van der Waals surface area contributed by atoms with E-state index >= 15 is 0 Å². The summed E-state index contributed by atoms with van der Waals surface area (Å²) in [5.74, 6) is 1.37. The Morgan fingerprint density at radius 1 is 1.40 bits per heavy atom. The van der Waals surface area contributed by atoms with Gasteiger partial charge in [0.15, 0.2) is 5.82 Å². The third-order valence-electron chi connectivity index (χ3n) is 3.31. The number of rotatable bonds is 3. The number of methoxy groups -OCH3 is 1. The molecule has 20 heavy (non-hydrogen) atoms. The summed E-state index contributed by atoms with van der Waals surface area (Å²) in [6, 6.07) is 2.11. The van der Waals surface area contributed by atoms with Gasteiger partial charge in [-0.25, -0.2) is 0 Å². The minimum atomic E-state index is 0.0815. The normalized spacial score (nSPS) is 22.8. The summed E-state index contributed by atoms with van der Waals surface area (Å²) >= 11 is 1.69. The predicted molar refractivity (Wildman–Crippen MR) is 78.4 cm³/mol. The SMILES string of the molecule is COc1cncc(N2C[C@@H](C)O[C@@H](c3ccsc3)C2)n1. The van der Waals surface area contributed by atoms with E-state index in [0.717, 1.165) is 18.9 Å². The first-order valence-corrected chi connectivity index (χ1v) is 7.49. The molecule has 6 heteroatoms. The van der Waals surface area contributed by atoms with Gasteiger partial charge < -0.3 is 14.4 Å². The number of hydrogen-bond donors (Lipinski definition) is 0. The van der Waals surface area contributed by atoms with Crippen LogP contribution in [0.5, 0.6) is 5.88 Å². The van der Waals surface area contributed by atoms with Gasteiger partial charge in [-0.3, -0.25) is 4.98 Å². The summed E-state index contributed by atoms with van der Waals surface area (Å²) in [5.41, 5.74) is 1.22. The van der Waals surface area contributed by atoms with E-state index in [0.29, 0.717) is 5.88 Å². The molecule has 0 spiro atoms. The van der Waals surface area contributed by atoms with E-state index in [4.69, 9.17) is 9.47 Å². The number of aromatic nitrogens is 2. The molecule has 2 aromatic rings. The summed E-state index contributed by atoms with van der Waals surface area (Å²) in [6.07, 6.45) is 3.62. The fourth-order valence-corrected chi connectivity index (χ4v) is 3.07. The minimum absolute atomic E-state index is 0.0815. The Bertz CT molecular complexity index is 561. The van der Waals surface area contributed by atoms with Gasteiger partial charge in [-0.1, -0.05) is 0 Å². The van der Waals surface area contributed by atoms with Crippen LogP contribution in [0, 0.1) is 0 Å². The number of hydrogen-bond acceptors (Lipinski definition) is 6. The number of thiophene rings is 1. The largest absolute Gasteiger partial charge is 0.480 e. The van der Waals surface area contributed by atoms with Gasteiger partial charge in [0.1, 0.15) is 6.10 Å². The second kappa shape index (κ2) is 5.76. The molecular weight excluding hydrogens is 274 g/mol. The Morgan fingerprint density at radius 3 is 3.05 bits per heavy atom. The lowest BCUT2D eigenvalue weighted by atomic mass is 10.1. The molecule has 2 atom stereocenters. The molecule has 0 amide bonds. The fourth-order valence-electron chi connectivity index (χ4n) is 2.37. The summed E-state index contributed by atoms with van der Waals surface area (Å²) in [5, 5.41) is 4.21. The summed E-state index contributed by atoms with van der Waals surface area (Å²) in [7, 11) is 1.60. The van der Waals surface area contributed by atoms with Crippen molar-refractivity contribution in [2.45, 2.75) is 19.1 Å². The van der Waals surface area contributed by atoms with Crippen LogP contribution in [-0.2, 0) is 4.74 Å². The Labute approximate surface area is 122 Å². The quantitative estimate of drug-likeness (QED) is 0.869. The predicted octanol–water partition coefficient (Wildman–Crippen LogP) is 2.51. The van der Waals surface area contributed by atoms with Crippen molar-refractivity contribution in [2.75, 3.05) is 25.1 Å². The van der Waals surface area contributed by atoms with Crippen molar-refractivity contribution in [1.82, 2.24) is 9.97 Å². The highest BCUT2D eigenvalue weighted by Gasteiger charge is 2.27. The van der Waals surface area contributed by atoms with Crippen molar-refractivity contribution in [2.24, 2.45) is 0 Å². The Hall–Kier alpha value is -1.66. The van der Waals surface area contributed by atoms with Crippen LogP contribution in [0.4, 0.5) is 5.82 Å². The molecule has 1 saturated heterocycles. The third kappa shape index (κ3) is 2.76. The van der Waals surface area contributed by atoms with E-state index < -0.39 is 0 Å². The lowest BCUT2D eigenvalue weighted by molar-refractivity contribution is -0.0174. The van der Waals surface area contributed by atoms with Crippen LogP contribution in [0.15, 0.2) is 29.2 Å². The van der Waals surface area contributed by atoms with Crippen molar-refractivity contribution in [3.63, 3.8) is 0 Å². The van der Waals surface area contributed by atoms with E-state index in [1.165, 1.54) is 5.56 Å². The maximum absolute atomic E-state index is 6.02. The molecule has 0 aromatic carbocycles. The highest BCUT2D eigenvalue weighted by molar-refractivity contribution is 7.07. The first kappa shape index (κ1) is 13.3. The molecule has 3 rings (SSSR count). The molecule has 2 aromatic heterocycles. The van der Waals surface area contributed by atoms with Crippen LogP contribution in [0.25, 0.3) is 0 Å². The second-order valence-electron chi connectivity index (χ2n) is 4.82. The molecule has 1 aliphatic heterocycles. The maximum atomic E-state index is 6.02. The molecule has 0 N–H and O–H groups in total. The van der Waals surface area contributed by atoms with Gasteiger partial charge in [0.2, 0.25) is 5.88 Å². The minimum Gasteiger partial charge on any atom is -0.480 e. The summed E-state index contributed by atoms with van der Waals surface area (Å²) in [6.45, 7) is 3.67. The van der Waals surface area contributed by atoms with Crippen LogP contribution in [0.1, 0.15) is 18.6 Å².